The van der Waals surface area contributed by atoms with Gasteiger partial charge < -0.3 is 4.90 Å². The summed E-state index contributed by atoms with van der Waals surface area (Å²) in [6.07, 6.45) is 0.184. The number of carbonyl (C=O) groups is 1. The Hall–Kier alpha value is -2.32. The van der Waals surface area contributed by atoms with Crippen molar-refractivity contribution < 1.29 is 22.0 Å². The molecular weight excluding hydrogens is 350 g/mol. The molecule has 25 heavy (non-hydrogen) atoms. The number of hydrogen-bond acceptors (Lipinski definition) is 3. The van der Waals surface area contributed by atoms with Gasteiger partial charge in [0.15, 0.2) is 0 Å². The lowest BCUT2D eigenvalue weighted by molar-refractivity contribution is -0.117. The number of nitrogens with one attached hydrogen (secondary N) is 1. The number of rotatable bonds is 5. The van der Waals surface area contributed by atoms with Gasteiger partial charge in [-0.3, -0.25) is 4.79 Å². The molecule has 2 aromatic rings. The minimum Gasteiger partial charge on any atom is -0.312 e. The first-order valence-electron chi connectivity index (χ1n) is 7.66. The van der Waals surface area contributed by atoms with Crippen molar-refractivity contribution in [3.05, 3.63) is 60.2 Å². The van der Waals surface area contributed by atoms with Crippen molar-refractivity contribution in [3.63, 3.8) is 0 Å². The van der Waals surface area contributed by atoms with Crippen molar-refractivity contribution in [1.82, 2.24) is 4.72 Å². The third kappa shape index (κ3) is 4.02. The highest BCUT2D eigenvalue weighted by atomic mass is 32.2. The van der Waals surface area contributed by atoms with E-state index in [-0.39, 0.29) is 29.7 Å². The first kappa shape index (κ1) is 17.5. The van der Waals surface area contributed by atoms with E-state index in [0.717, 1.165) is 12.1 Å². The zero-order valence-corrected chi connectivity index (χ0v) is 14.0. The van der Waals surface area contributed by atoms with Crippen LogP contribution in [-0.2, 0) is 14.8 Å². The molecule has 1 saturated heterocycles. The molecule has 132 valence electrons. The predicted octanol–water partition coefficient (Wildman–Crippen LogP) is 2.30. The number of sulfonamides is 1. The van der Waals surface area contributed by atoms with E-state index in [9.17, 15) is 22.0 Å². The highest BCUT2D eigenvalue weighted by Gasteiger charge is 2.31. The summed E-state index contributed by atoms with van der Waals surface area (Å²) in [5.41, 5.74) is 0.571. The van der Waals surface area contributed by atoms with Crippen LogP contribution in [0.15, 0.2) is 53.4 Å². The number of anilines is 1. The predicted molar refractivity (Wildman–Crippen MR) is 88.4 cm³/mol. The maximum Gasteiger partial charge on any atom is 0.240 e. The molecule has 8 heteroatoms. The van der Waals surface area contributed by atoms with Crippen molar-refractivity contribution in [2.75, 3.05) is 18.0 Å². The standard InChI is InChI=1S/C17H16F2N2O3S/c18-13-4-6-15(7-5-13)21-11-12(8-17(21)22)10-20-25(23,24)16-3-1-2-14(19)9-16/h1-7,9,12,20H,8,10-11H2. The fraction of sp³-hybridized carbons (Fsp3) is 0.235. The average Bonchev–Trinajstić information content (AvgIpc) is 2.95. The van der Waals surface area contributed by atoms with Crippen molar-refractivity contribution >= 4 is 21.6 Å². The van der Waals surface area contributed by atoms with E-state index in [1.807, 2.05) is 0 Å². The van der Waals surface area contributed by atoms with E-state index in [2.05, 4.69) is 4.72 Å². The lowest BCUT2D eigenvalue weighted by Crippen LogP contribution is -2.31. The lowest BCUT2D eigenvalue weighted by Gasteiger charge is -2.17. The molecule has 3 rings (SSSR count). The van der Waals surface area contributed by atoms with Crippen LogP contribution in [0.5, 0.6) is 0 Å². The van der Waals surface area contributed by atoms with Gasteiger partial charge in [-0.25, -0.2) is 21.9 Å². The van der Waals surface area contributed by atoms with E-state index >= 15 is 0 Å². The Kier molecular flexibility index (Phi) is 4.82. The van der Waals surface area contributed by atoms with Gasteiger partial charge in [-0.05, 0) is 48.4 Å². The fourth-order valence-electron chi connectivity index (χ4n) is 2.73. The molecule has 0 spiro atoms. The summed E-state index contributed by atoms with van der Waals surface area (Å²) in [4.78, 5) is 13.5. The van der Waals surface area contributed by atoms with Crippen LogP contribution >= 0.6 is 0 Å². The Bertz CT molecular complexity index is 885. The molecule has 1 fully saturated rings. The molecule has 1 heterocycles. The summed E-state index contributed by atoms with van der Waals surface area (Å²) in [7, 11) is -3.84. The average molecular weight is 366 g/mol. The second-order valence-electron chi connectivity index (χ2n) is 5.86. The van der Waals surface area contributed by atoms with Crippen molar-refractivity contribution in [2.45, 2.75) is 11.3 Å². The number of nitrogens with zero attached hydrogens (tertiary/aromatic N) is 1. The largest absolute Gasteiger partial charge is 0.312 e. The van der Waals surface area contributed by atoms with E-state index in [1.165, 1.54) is 41.3 Å². The first-order chi connectivity index (χ1) is 11.8. The van der Waals surface area contributed by atoms with Crippen LogP contribution in [0.25, 0.3) is 0 Å². The van der Waals surface area contributed by atoms with Gasteiger partial charge in [-0.2, -0.15) is 0 Å². The second-order valence-corrected chi connectivity index (χ2v) is 7.63. The zero-order chi connectivity index (χ0) is 18.0. The minimum absolute atomic E-state index is 0.0578. The van der Waals surface area contributed by atoms with E-state index < -0.39 is 21.7 Å². The molecule has 0 saturated carbocycles. The Labute approximate surface area is 144 Å². The van der Waals surface area contributed by atoms with Crippen molar-refractivity contribution in [1.29, 1.82) is 0 Å². The van der Waals surface area contributed by atoms with Crippen molar-refractivity contribution in [2.24, 2.45) is 5.92 Å². The quantitative estimate of drug-likeness (QED) is 0.883. The molecule has 1 aliphatic heterocycles. The third-order valence-corrected chi connectivity index (χ3v) is 5.43. The Balaban J connectivity index is 1.65. The van der Waals surface area contributed by atoms with Gasteiger partial charge in [0.2, 0.25) is 15.9 Å². The molecule has 5 nitrogen and oxygen atoms in total. The topological polar surface area (TPSA) is 66.5 Å². The van der Waals surface area contributed by atoms with Gasteiger partial charge in [0.25, 0.3) is 0 Å². The number of halogens is 2. The molecule has 0 aromatic heterocycles. The summed E-state index contributed by atoms with van der Waals surface area (Å²) in [6, 6.07) is 10.3. The SMILES string of the molecule is O=C1CC(CNS(=O)(=O)c2cccc(F)c2)CN1c1ccc(F)cc1. The molecule has 2 aromatic carbocycles. The van der Waals surface area contributed by atoms with Gasteiger partial charge in [-0.1, -0.05) is 6.07 Å². The van der Waals surface area contributed by atoms with Crippen LogP contribution in [-0.4, -0.2) is 27.4 Å². The van der Waals surface area contributed by atoms with Gasteiger partial charge in [0, 0.05) is 25.2 Å². The molecule has 1 aliphatic rings. The molecule has 0 radical (unpaired) electrons. The molecule has 1 atom stereocenters. The highest BCUT2D eigenvalue weighted by Crippen LogP contribution is 2.25. The monoisotopic (exact) mass is 366 g/mol. The summed E-state index contributed by atoms with van der Waals surface area (Å²) >= 11 is 0. The maximum atomic E-state index is 13.2. The smallest absolute Gasteiger partial charge is 0.240 e. The van der Waals surface area contributed by atoms with E-state index in [4.69, 9.17) is 0 Å². The van der Waals surface area contributed by atoms with Crippen LogP contribution in [0.2, 0.25) is 0 Å². The Morgan fingerprint density at radius 1 is 1.08 bits per heavy atom. The van der Waals surface area contributed by atoms with E-state index in [0.29, 0.717) is 12.2 Å². The van der Waals surface area contributed by atoms with Gasteiger partial charge in [0.05, 0.1) is 4.90 Å². The number of benzene rings is 2. The number of amides is 1. The molecule has 0 bridgehead atoms. The Morgan fingerprint density at radius 2 is 1.80 bits per heavy atom. The number of carbonyl (C=O) groups excluding carboxylic acids is 1. The molecule has 0 aliphatic carbocycles. The van der Waals surface area contributed by atoms with Gasteiger partial charge >= 0.3 is 0 Å². The zero-order valence-electron chi connectivity index (χ0n) is 13.2. The van der Waals surface area contributed by atoms with Gasteiger partial charge in [-0.15, -0.1) is 0 Å². The lowest BCUT2D eigenvalue weighted by atomic mass is 10.1. The summed E-state index contributed by atoms with van der Waals surface area (Å²) < 4.78 is 53.0. The molecule has 1 unspecified atom stereocenters. The normalized spacial score (nSPS) is 17.9. The second kappa shape index (κ2) is 6.89. The minimum atomic E-state index is -3.84. The van der Waals surface area contributed by atoms with Crippen LogP contribution in [0.1, 0.15) is 6.42 Å². The van der Waals surface area contributed by atoms with Crippen LogP contribution in [0.3, 0.4) is 0 Å². The molecular formula is C17H16F2N2O3S. The highest BCUT2D eigenvalue weighted by molar-refractivity contribution is 7.89. The third-order valence-electron chi connectivity index (χ3n) is 4.01. The molecule has 1 amide bonds. The summed E-state index contributed by atoms with van der Waals surface area (Å²) in [6.45, 7) is 0.387. The van der Waals surface area contributed by atoms with Gasteiger partial charge in [0.1, 0.15) is 11.6 Å². The summed E-state index contributed by atoms with van der Waals surface area (Å²) in [5.74, 6) is -1.40. The van der Waals surface area contributed by atoms with E-state index in [1.54, 1.807) is 0 Å². The summed E-state index contributed by atoms with van der Waals surface area (Å²) in [5, 5.41) is 0. The number of hydrogen-bond donors (Lipinski definition) is 1. The van der Waals surface area contributed by atoms with Crippen LogP contribution < -0.4 is 9.62 Å². The molecule has 1 N–H and O–H groups in total. The van der Waals surface area contributed by atoms with Crippen LogP contribution in [0.4, 0.5) is 14.5 Å². The van der Waals surface area contributed by atoms with Crippen molar-refractivity contribution in [3.8, 4) is 0 Å². The van der Waals surface area contributed by atoms with Crippen LogP contribution in [0, 0.1) is 17.6 Å². The maximum absolute atomic E-state index is 13.2. The Morgan fingerprint density at radius 3 is 2.48 bits per heavy atom. The fourth-order valence-corrected chi connectivity index (χ4v) is 3.88. The first-order valence-corrected chi connectivity index (χ1v) is 9.14.